The molecule has 0 saturated carbocycles. The summed E-state index contributed by atoms with van der Waals surface area (Å²) in [4.78, 5) is 16.5. The van der Waals surface area contributed by atoms with Crippen molar-refractivity contribution in [2.75, 3.05) is 5.32 Å². The van der Waals surface area contributed by atoms with Crippen molar-refractivity contribution in [3.8, 4) is 0 Å². The van der Waals surface area contributed by atoms with Crippen LogP contribution in [0.3, 0.4) is 0 Å². The number of amides is 1. The first-order valence-electron chi connectivity index (χ1n) is 6.64. The van der Waals surface area contributed by atoms with Crippen molar-refractivity contribution in [1.29, 1.82) is 0 Å². The van der Waals surface area contributed by atoms with E-state index in [0.29, 0.717) is 12.4 Å². The predicted octanol–water partition coefficient (Wildman–Crippen LogP) is 1.54. The number of carbonyl (C=O) groups excluding carboxylic acids is 1. The molecule has 1 saturated heterocycles. The molecule has 1 fully saturated rings. The van der Waals surface area contributed by atoms with E-state index in [1.165, 1.54) is 0 Å². The van der Waals surface area contributed by atoms with Crippen LogP contribution in [0.5, 0.6) is 0 Å². The van der Waals surface area contributed by atoms with Crippen LogP contribution in [0, 0.1) is 11.8 Å². The number of nitrogens with two attached hydrogens (primary N) is 1. The van der Waals surface area contributed by atoms with Gasteiger partial charge in [0.25, 0.3) is 0 Å². The fourth-order valence-corrected chi connectivity index (χ4v) is 2.55. The minimum atomic E-state index is -0.133. The summed E-state index contributed by atoms with van der Waals surface area (Å²) < 4.78 is 5.68. The van der Waals surface area contributed by atoms with Gasteiger partial charge in [0.2, 0.25) is 5.91 Å². The second-order valence-corrected chi connectivity index (χ2v) is 5.18. The molecule has 4 atom stereocenters. The van der Waals surface area contributed by atoms with Gasteiger partial charge in [0.05, 0.1) is 18.1 Å². The molecule has 2 rings (SSSR count). The molecule has 0 aliphatic carbocycles. The molecule has 19 heavy (non-hydrogen) atoms. The smallest absolute Gasteiger partial charge is 0.231 e. The van der Waals surface area contributed by atoms with Crippen molar-refractivity contribution in [2.24, 2.45) is 17.6 Å². The molecule has 0 aromatic carbocycles. The van der Waals surface area contributed by atoms with Gasteiger partial charge < -0.3 is 15.8 Å². The highest BCUT2D eigenvalue weighted by Gasteiger charge is 2.41. The van der Waals surface area contributed by atoms with Crippen molar-refractivity contribution < 1.29 is 9.53 Å². The fraction of sp³-hybridized carbons (Fsp3) is 0.571. The van der Waals surface area contributed by atoms with E-state index in [9.17, 15) is 4.79 Å². The van der Waals surface area contributed by atoms with Gasteiger partial charge in [-0.3, -0.25) is 4.79 Å². The molecular formula is C14H21N3O2. The van der Waals surface area contributed by atoms with Crippen LogP contribution in [-0.2, 0) is 16.1 Å². The molecule has 2 heterocycles. The van der Waals surface area contributed by atoms with Crippen LogP contribution in [0.4, 0.5) is 5.82 Å². The summed E-state index contributed by atoms with van der Waals surface area (Å²) in [6.45, 7) is 6.44. The number of hydrogen-bond donors (Lipinski definition) is 2. The number of ether oxygens (including phenoxy) is 1. The monoisotopic (exact) mass is 263 g/mol. The molecule has 5 nitrogen and oxygen atoms in total. The summed E-state index contributed by atoms with van der Waals surface area (Å²) in [6, 6.07) is 3.64. The maximum atomic E-state index is 12.3. The van der Waals surface area contributed by atoms with E-state index in [2.05, 4.69) is 10.3 Å². The maximum absolute atomic E-state index is 12.3. The van der Waals surface area contributed by atoms with Crippen molar-refractivity contribution in [3.05, 3.63) is 23.9 Å². The third-order valence-electron chi connectivity index (χ3n) is 3.86. The van der Waals surface area contributed by atoms with E-state index in [1.54, 1.807) is 12.3 Å². The lowest BCUT2D eigenvalue weighted by atomic mass is 9.89. The molecule has 4 unspecified atom stereocenters. The number of aromatic nitrogens is 1. The quantitative estimate of drug-likeness (QED) is 0.867. The Morgan fingerprint density at radius 3 is 2.58 bits per heavy atom. The molecule has 3 N–H and O–H groups in total. The standard InChI is InChI=1S/C14H21N3O2/c1-8-9(2)19-10(3)13(8)14(18)17-12-5-4-11(6-15)7-16-12/h4-5,7-10,13H,6,15H2,1-3H3,(H,16,17,18). The number of hydrogen-bond acceptors (Lipinski definition) is 4. The number of pyridine rings is 1. The van der Waals surface area contributed by atoms with Crippen LogP contribution < -0.4 is 11.1 Å². The van der Waals surface area contributed by atoms with Gasteiger partial charge in [0, 0.05) is 12.7 Å². The lowest BCUT2D eigenvalue weighted by Gasteiger charge is -2.17. The van der Waals surface area contributed by atoms with Crippen molar-refractivity contribution >= 4 is 11.7 Å². The molecule has 0 radical (unpaired) electrons. The van der Waals surface area contributed by atoms with Crippen LogP contribution in [0.25, 0.3) is 0 Å². The number of anilines is 1. The molecule has 1 aromatic heterocycles. The molecule has 0 bridgehead atoms. The van der Waals surface area contributed by atoms with E-state index in [0.717, 1.165) is 5.56 Å². The molecule has 1 amide bonds. The highest BCUT2D eigenvalue weighted by atomic mass is 16.5. The third-order valence-corrected chi connectivity index (χ3v) is 3.86. The van der Waals surface area contributed by atoms with E-state index >= 15 is 0 Å². The SMILES string of the molecule is CC1OC(C)C(C(=O)Nc2ccc(CN)cn2)C1C. The molecule has 1 aliphatic rings. The van der Waals surface area contributed by atoms with E-state index in [4.69, 9.17) is 10.5 Å². The molecule has 104 valence electrons. The van der Waals surface area contributed by atoms with Gasteiger partial charge in [0.15, 0.2) is 0 Å². The third kappa shape index (κ3) is 2.93. The van der Waals surface area contributed by atoms with Crippen molar-refractivity contribution in [1.82, 2.24) is 4.98 Å². The van der Waals surface area contributed by atoms with Gasteiger partial charge in [-0.05, 0) is 31.4 Å². The first kappa shape index (κ1) is 14.0. The molecule has 0 spiro atoms. The predicted molar refractivity (Wildman–Crippen MR) is 73.4 cm³/mol. The first-order valence-corrected chi connectivity index (χ1v) is 6.64. The van der Waals surface area contributed by atoms with Crippen molar-refractivity contribution in [3.63, 3.8) is 0 Å². The number of nitrogens with zero attached hydrogens (tertiary/aromatic N) is 1. The van der Waals surface area contributed by atoms with Crippen LogP contribution in [0.15, 0.2) is 18.3 Å². The zero-order valence-electron chi connectivity index (χ0n) is 11.6. The fourth-order valence-electron chi connectivity index (χ4n) is 2.55. The zero-order valence-corrected chi connectivity index (χ0v) is 11.6. The number of carbonyl (C=O) groups is 1. The second kappa shape index (κ2) is 5.67. The van der Waals surface area contributed by atoms with Gasteiger partial charge in [-0.2, -0.15) is 0 Å². The van der Waals surface area contributed by atoms with Crippen LogP contribution in [0.1, 0.15) is 26.3 Å². The summed E-state index contributed by atoms with van der Waals surface area (Å²) in [7, 11) is 0. The first-order chi connectivity index (χ1) is 9.02. The average molecular weight is 263 g/mol. The Bertz CT molecular complexity index is 447. The number of rotatable bonds is 3. The Labute approximate surface area is 113 Å². The maximum Gasteiger partial charge on any atom is 0.231 e. The Morgan fingerprint density at radius 2 is 2.11 bits per heavy atom. The molecular weight excluding hydrogens is 242 g/mol. The second-order valence-electron chi connectivity index (χ2n) is 5.18. The van der Waals surface area contributed by atoms with Gasteiger partial charge in [-0.25, -0.2) is 4.98 Å². The summed E-state index contributed by atoms with van der Waals surface area (Å²) in [5.41, 5.74) is 6.45. The summed E-state index contributed by atoms with van der Waals surface area (Å²) in [5.74, 6) is 0.600. The van der Waals surface area contributed by atoms with Gasteiger partial charge in [-0.15, -0.1) is 0 Å². The van der Waals surface area contributed by atoms with Gasteiger partial charge in [-0.1, -0.05) is 13.0 Å². The van der Waals surface area contributed by atoms with E-state index in [-0.39, 0.29) is 30.0 Å². The van der Waals surface area contributed by atoms with Crippen LogP contribution in [0.2, 0.25) is 0 Å². The van der Waals surface area contributed by atoms with E-state index in [1.807, 2.05) is 26.8 Å². The molecule has 1 aliphatic heterocycles. The largest absolute Gasteiger partial charge is 0.374 e. The van der Waals surface area contributed by atoms with E-state index < -0.39 is 0 Å². The highest BCUT2D eigenvalue weighted by Crippen LogP contribution is 2.32. The Hall–Kier alpha value is -1.46. The Kier molecular flexibility index (Phi) is 4.17. The zero-order chi connectivity index (χ0) is 14.0. The Morgan fingerprint density at radius 1 is 1.37 bits per heavy atom. The van der Waals surface area contributed by atoms with Gasteiger partial charge >= 0.3 is 0 Å². The van der Waals surface area contributed by atoms with Crippen LogP contribution >= 0.6 is 0 Å². The Balaban J connectivity index is 2.04. The highest BCUT2D eigenvalue weighted by molar-refractivity contribution is 5.92. The normalized spacial score (nSPS) is 30.3. The van der Waals surface area contributed by atoms with Gasteiger partial charge in [0.1, 0.15) is 5.82 Å². The summed E-state index contributed by atoms with van der Waals surface area (Å²) in [5, 5.41) is 2.85. The average Bonchev–Trinajstić information content (AvgIpc) is 2.64. The topological polar surface area (TPSA) is 77.2 Å². The lowest BCUT2D eigenvalue weighted by Crippen LogP contribution is -2.32. The number of nitrogens with one attached hydrogen (secondary N) is 1. The lowest BCUT2D eigenvalue weighted by molar-refractivity contribution is -0.122. The summed E-state index contributed by atoms with van der Waals surface area (Å²) >= 11 is 0. The minimum absolute atomic E-state index is 0.0302. The van der Waals surface area contributed by atoms with Crippen molar-refractivity contribution in [2.45, 2.75) is 39.5 Å². The molecule has 5 heteroatoms. The van der Waals surface area contributed by atoms with Crippen LogP contribution in [-0.4, -0.2) is 23.1 Å². The summed E-state index contributed by atoms with van der Waals surface area (Å²) in [6.07, 6.45) is 1.72. The minimum Gasteiger partial charge on any atom is -0.374 e. The molecule has 1 aromatic rings.